The van der Waals surface area contributed by atoms with Crippen LogP contribution in [-0.2, 0) is 14.8 Å². The van der Waals surface area contributed by atoms with Crippen molar-refractivity contribution in [2.75, 3.05) is 13.1 Å². The molecule has 0 bridgehead atoms. The predicted molar refractivity (Wildman–Crippen MR) is 77.3 cm³/mol. The lowest BCUT2D eigenvalue weighted by atomic mass is 9.86. The number of fused-ring (bicyclic) bond motifs is 1. The summed E-state index contributed by atoms with van der Waals surface area (Å²) in [5.74, 6) is 0.247. The first-order chi connectivity index (χ1) is 9.96. The number of carbonyl (C=O) groups is 1. The summed E-state index contributed by atoms with van der Waals surface area (Å²) < 4.78 is 26.7. The van der Waals surface area contributed by atoms with Crippen LogP contribution in [0.25, 0.3) is 0 Å². The van der Waals surface area contributed by atoms with Crippen molar-refractivity contribution in [3.05, 3.63) is 23.5 Å². The Morgan fingerprint density at radius 2 is 2.19 bits per heavy atom. The molecule has 1 aromatic heterocycles. The van der Waals surface area contributed by atoms with Crippen LogP contribution < -0.4 is 5.32 Å². The van der Waals surface area contributed by atoms with Crippen molar-refractivity contribution >= 4 is 27.5 Å². The largest absolute Gasteiger partial charge is 0.353 e. The summed E-state index contributed by atoms with van der Waals surface area (Å²) in [5, 5.41) is 3.11. The normalized spacial score (nSPS) is 27.0. The van der Waals surface area contributed by atoms with Crippen LogP contribution in [0, 0.1) is 5.92 Å². The molecule has 0 saturated carbocycles. The van der Waals surface area contributed by atoms with E-state index in [1.54, 1.807) is 0 Å². The lowest BCUT2D eigenvalue weighted by molar-refractivity contribution is -0.124. The van der Waals surface area contributed by atoms with Gasteiger partial charge in [0.2, 0.25) is 15.9 Å². The monoisotopic (exact) mass is 329 g/mol. The zero-order valence-electron chi connectivity index (χ0n) is 11.3. The highest BCUT2D eigenvalue weighted by Crippen LogP contribution is 2.29. The first-order valence-corrected chi connectivity index (χ1v) is 8.70. The maximum atomic E-state index is 12.6. The summed E-state index contributed by atoms with van der Waals surface area (Å²) in [5.41, 5.74) is 0. The van der Waals surface area contributed by atoms with Crippen LogP contribution in [0.1, 0.15) is 19.3 Å². The molecule has 0 aliphatic carbocycles. The fraction of sp³-hybridized carbons (Fsp3) is 0.538. The number of amides is 1. The lowest BCUT2D eigenvalue weighted by Crippen LogP contribution is -2.54. The van der Waals surface area contributed by atoms with Gasteiger partial charge in [-0.3, -0.25) is 4.79 Å². The second-order valence-electron chi connectivity index (χ2n) is 5.44. The average molecular weight is 330 g/mol. The molecule has 2 aliphatic heterocycles. The number of aromatic nitrogens is 1. The molecule has 1 aromatic rings. The maximum absolute atomic E-state index is 12.6. The Balaban J connectivity index is 1.80. The molecule has 0 aromatic carbocycles. The number of hydrogen-bond acceptors (Lipinski definition) is 4. The van der Waals surface area contributed by atoms with Crippen molar-refractivity contribution < 1.29 is 13.2 Å². The molecular formula is C13H16ClN3O3S. The maximum Gasteiger partial charge on any atom is 0.243 e. The number of rotatable bonds is 2. The molecule has 3 rings (SSSR count). The Morgan fingerprint density at radius 1 is 1.38 bits per heavy atom. The quantitative estimate of drug-likeness (QED) is 0.822. The van der Waals surface area contributed by atoms with Crippen molar-refractivity contribution in [1.29, 1.82) is 0 Å². The molecule has 3 heterocycles. The molecule has 2 saturated heterocycles. The summed E-state index contributed by atoms with van der Waals surface area (Å²) in [6, 6.07) is 2.92. The first-order valence-electron chi connectivity index (χ1n) is 6.88. The van der Waals surface area contributed by atoms with Crippen molar-refractivity contribution in [3.8, 4) is 0 Å². The number of piperidine rings is 2. The van der Waals surface area contributed by atoms with Crippen LogP contribution in [0.15, 0.2) is 23.2 Å². The van der Waals surface area contributed by atoms with E-state index in [1.165, 1.54) is 22.6 Å². The molecule has 1 amide bonds. The van der Waals surface area contributed by atoms with Crippen molar-refractivity contribution in [1.82, 2.24) is 14.6 Å². The number of nitrogens with one attached hydrogen (secondary N) is 1. The molecule has 114 valence electrons. The number of halogens is 1. The Kier molecular flexibility index (Phi) is 3.90. The second-order valence-corrected chi connectivity index (χ2v) is 7.76. The number of nitrogens with zero attached hydrogens (tertiary/aromatic N) is 2. The molecule has 2 unspecified atom stereocenters. The first kappa shape index (κ1) is 14.7. The van der Waals surface area contributed by atoms with E-state index >= 15 is 0 Å². The molecule has 6 nitrogen and oxygen atoms in total. The van der Waals surface area contributed by atoms with Crippen molar-refractivity contribution in [2.24, 2.45) is 5.92 Å². The summed E-state index contributed by atoms with van der Waals surface area (Å²) in [6.45, 7) is 0.844. The highest BCUT2D eigenvalue weighted by Gasteiger charge is 2.38. The number of carbonyl (C=O) groups excluding carboxylic acids is 1. The van der Waals surface area contributed by atoms with Crippen LogP contribution in [0.5, 0.6) is 0 Å². The molecule has 21 heavy (non-hydrogen) atoms. The summed E-state index contributed by atoms with van der Waals surface area (Å²) in [6.07, 6.45) is 3.24. The fourth-order valence-electron chi connectivity index (χ4n) is 2.99. The predicted octanol–water partition coefficient (Wildman–Crippen LogP) is 1.02. The third kappa shape index (κ3) is 2.90. The van der Waals surface area contributed by atoms with Gasteiger partial charge in [-0.1, -0.05) is 11.6 Å². The van der Waals surface area contributed by atoms with E-state index in [4.69, 9.17) is 11.6 Å². The second kappa shape index (κ2) is 5.55. The Labute approximate surface area is 128 Å². The van der Waals surface area contributed by atoms with E-state index in [0.29, 0.717) is 25.9 Å². The van der Waals surface area contributed by atoms with Gasteiger partial charge in [0.05, 0.1) is 4.90 Å². The molecule has 1 N–H and O–H groups in total. The standard InChI is InChI=1S/C13H16ClN3O3S/c14-12-7-10(3-5-15-12)21(19,20)17-6-4-11-9(8-17)1-2-13(18)16-11/h3,5,7,9,11H,1-2,4,6,8H2,(H,16,18). The van der Waals surface area contributed by atoms with E-state index < -0.39 is 10.0 Å². The summed E-state index contributed by atoms with van der Waals surface area (Å²) in [4.78, 5) is 15.4. The van der Waals surface area contributed by atoms with E-state index in [0.717, 1.165) is 6.42 Å². The van der Waals surface area contributed by atoms with Gasteiger partial charge in [-0.05, 0) is 30.9 Å². The van der Waals surface area contributed by atoms with Crippen LogP contribution >= 0.6 is 11.6 Å². The smallest absolute Gasteiger partial charge is 0.243 e. The SMILES string of the molecule is O=C1CCC2CN(S(=O)(=O)c3ccnc(Cl)c3)CCC2N1. The van der Waals surface area contributed by atoms with E-state index in [-0.39, 0.29) is 27.9 Å². The van der Waals surface area contributed by atoms with Gasteiger partial charge in [0.25, 0.3) is 0 Å². The third-order valence-electron chi connectivity index (χ3n) is 4.12. The van der Waals surface area contributed by atoms with Crippen molar-refractivity contribution in [3.63, 3.8) is 0 Å². The summed E-state index contributed by atoms with van der Waals surface area (Å²) in [7, 11) is -3.55. The minimum Gasteiger partial charge on any atom is -0.353 e. The number of pyridine rings is 1. The topological polar surface area (TPSA) is 79.4 Å². The number of sulfonamides is 1. The highest BCUT2D eigenvalue weighted by molar-refractivity contribution is 7.89. The lowest BCUT2D eigenvalue weighted by Gasteiger charge is -2.40. The zero-order valence-corrected chi connectivity index (χ0v) is 12.9. The molecule has 0 radical (unpaired) electrons. The van der Waals surface area contributed by atoms with Gasteiger partial charge >= 0.3 is 0 Å². The van der Waals surface area contributed by atoms with Crippen LogP contribution in [-0.4, -0.2) is 42.7 Å². The minimum absolute atomic E-state index is 0.0634. The van der Waals surface area contributed by atoms with E-state index in [1.807, 2.05) is 0 Å². The van der Waals surface area contributed by atoms with Gasteiger partial charge in [-0.15, -0.1) is 0 Å². The third-order valence-corrected chi connectivity index (χ3v) is 6.19. The van der Waals surface area contributed by atoms with Crippen LogP contribution in [0.2, 0.25) is 5.15 Å². The van der Waals surface area contributed by atoms with Gasteiger partial charge in [0.15, 0.2) is 0 Å². The highest BCUT2D eigenvalue weighted by atomic mass is 35.5. The Hall–Kier alpha value is -1.18. The number of hydrogen-bond donors (Lipinski definition) is 1. The average Bonchev–Trinajstić information content (AvgIpc) is 2.46. The van der Waals surface area contributed by atoms with E-state index in [9.17, 15) is 13.2 Å². The Morgan fingerprint density at radius 3 is 2.95 bits per heavy atom. The molecule has 2 atom stereocenters. The van der Waals surface area contributed by atoms with Gasteiger partial charge in [-0.25, -0.2) is 13.4 Å². The fourth-order valence-corrected chi connectivity index (χ4v) is 4.75. The van der Waals surface area contributed by atoms with Gasteiger partial charge in [-0.2, -0.15) is 4.31 Å². The molecule has 0 spiro atoms. The molecule has 2 fully saturated rings. The minimum atomic E-state index is -3.55. The van der Waals surface area contributed by atoms with Crippen molar-refractivity contribution in [2.45, 2.75) is 30.2 Å². The van der Waals surface area contributed by atoms with Crippen LogP contribution in [0.3, 0.4) is 0 Å². The summed E-state index contributed by atoms with van der Waals surface area (Å²) >= 11 is 5.78. The van der Waals surface area contributed by atoms with Gasteiger partial charge in [0.1, 0.15) is 5.15 Å². The Bertz CT molecular complexity index is 664. The molecule has 2 aliphatic rings. The van der Waals surface area contributed by atoms with Crippen LogP contribution in [0.4, 0.5) is 0 Å². The molecule has 8 heteroatoms. The molecular weight excluding hydrogens is 314 g/mol. The zero-order chi connectivity index (χ0) is 15.0. The van der Waals surface area contributed by atoms with Gasteiger partial charge < -0.3 is 5.32 Å². The van der Waals surface area contributed by atoms with Gasteiger partial charge in [0, 0.05) is 31.7 Å². The van der Waals surface area contributed by atoms with E-state index in [2.05, 4.69) is 10.3 Å².